The standard InChI is InChI=1S/C24H36O2/c1-3-5-7-8-10-11-22-21(17-18-24(22)26)19-13-15-20(16-14-19)23(25)12-9-6-4-2/h8,10,13-16,21-23,25H,3-7,9,11-12,17-18H2,1-2H3. The van der Waals surface area contributed by atoms with Gasteiger partial charge in [-0.1, -0.05) is 82.4 Å². The number of benzene rings is 1. The Hall–Kier alpha value is -1.41. The Kier molecular flexibility index (Phi) is 9.11. The minimum Gasteiger partial charge on any atom is -0.388 e. The maximum atomic E-state index is 12.3. The lowest BCUT2D eigenvalue weighted by atomic mass is 9.85. The molecule has 0 radical (unpaired) electrons. The highest BCUT2D eigenvalue weighted by Crippen LogP contribution is 2.40. The number of aliphatic hydroxyl groups excluding tert-OH is 1. The molecule has 1 aromatic carbocycles. The molecule has 0 amide bonds. The van der Waals surface area contributed by atoms with Gasteiger partial charge < -0.3 is 5.11 Å². The van der Waals surface area contributed by atoms with E-state index in [1.54, 1.807) is 0 Å². The van der Waals surface area contributed by atoms with E-state index < -0.39 is 0 Å². The van der Waals surface area contributed by atoms with Gasteiger partial charge in [-0.3, -0.25) is 4.79 Å². The minimum absolute atomic E-state index is 0.133. The first-order valence-corrected chi connectivity index (χ1v) is 10.6. The van der Waals surface area contributed by atoms with E-state index in [0.29, 0.717) is 18.1 Å². The van der Waals surface area contributed by atoms with E-state index in [2.05, 4.69) is 50.3 Å². The van der Waals surface area contributed by atoms with Crippen molar-refractivity contribution >= 4 is 5.78 Å². The van der Waals surface area contributed by atoms with Crippen molar-refractivity contribution in [2.45, 2.75) is 90.1 Å². The molecule has 0 aliphatic heterocycles. The maximum Gasteiger partial charge on any atom is 0.136 e. The summed E-state index contributed by atoms with van der Waals surface area (Å²) < 4.78 is 0. The van der Waals surface area contributed by atoms with Crippen molar-refractivity contribution in [3.63, 3.8) is 0 Å². The van der Waals surface area contributed by atoms with E-state index in [0.717, 1.165) is 37.7 Å². The van der Waals surface area contributed by atoms with Gasteiger partial charge in [-0.2, -0.15) is 0 Å². The molecule has 0 heterocycles. The monoisotopic (exact) mass is 356 g/mol. The zero-order valence-corrected chi connectivity index (χ0v) is 16.6. The smallest absolute Gasteiger partial charge is 0.136 e. The highest BCUT2D eigenvalue weighted by atomic mass is 16.3. The van der Waals surface area contributed by atoms with E-state index >= 15 is 0 Å². The Morgan fingerprint density at radius 1 is 1.08 bits per heavy atom. The third-order valence-electron chi connectivity index (χ3n) is 5.71. The van der Waals surface area contributed by atoms with Crippen LogP contribution in [-0.2, 0) is 4.79 Å². The number of hydrogen-bond acceptors (Lipinski definition) is 2. The zero-order chi connectivity index (χ0) is 18.8. The Balaban J connectivity index is 1.95. The molecule has 1 aromatic rings. The van der Waals surface area contributed by atoms with Gasteiger partial charge in [-0.05, 0) is 42.7 Å². The average molecular weight is 357 g/mol. The number of carbonyl (C=O) groups excluding carboxylic acids is 1. The predicted octanol–water partition coefficient (Wildman–Crippen LogP) is 6.50. The fourth-order valence-corrected chi connectivity index (χ4v) is 4.01. The van der Waals surface area contributed by atoms with Crippen LogP contribution in [-0.4, -0.2) is 10.9 Å². The second-order valence-corrected chi connectivity index (χ2v) is 7.75. The van der Waals surface area contributed by atoms with Crippen LogP contribution in [0.1, 0.15) is 101 Å². The third kappa shape index (κ3) is 6.09. The summed E-state index contributed by atoms with van der Waals surface area (Å²) in [5, 5.41) is 10.3. The van der Waals surface area contributed by atoms with Gasteiger partial charge >= 0.3 is 0 Å². The lowest BCUT2D eigenvalue weighted by molar-refractivity contribution is -0.120. The molecule has 3 atom stereocenters. The lowest BCUT2D eigenvalue weighted by Gasteiger charge is -2.19. The molecular weight excluding hydrogens is 320 g/mol. The summed E-state index contributed by atoms with van der Waals surface area (Å²) in [5.74, 6) is 0.886. The molecule has 0 bridgehead atoms. The van der Waals surface area contributed by atoms with Crippen LogP contribution in [0.3, 0.4) is 0 Å². The van der Waals surface area contributed by atoms with Crippen molar-refractivity contribution in [1.29, 1.82) is 0 Å². The summed E-state index contributed by atoms with van der Waals surface area (Å²) in [7, 11) is 0. The largest absolute Gasteiger partial charge is 0.388 e. The topological polar surface area (TPSA) is 37.3 Å². The molecule has 26 heavy (non-hydrogen) atoms. The first-order chi connectivity index (χ1) is 12.7. The van der Waals surface area contributed by atoms with Crippen LogP contribution < -0.4 is 0 Å². The molecule has 1 N–H and O–H groups in total. The Bertz CT molecular complexity index is 558. The Labute approximate surface area is 159 Å². The predicted molar refractivity (Wildman–Crippen MR) is 109 cm³/mol. The summed E-state index contributed by atoms with van der Waals surface area (Å²) in [4.78, 5) is 12.3. The van der Waals surface area contributed by atoms with Crippen LogP contribution >= 0.6 is 0 Å². The Morgan fingerprint density at radius 3 is 2.50 bits per heavy atom. The van der Waals surface area contributed by atoms with Crippen molar-refractivity contribution < 1.29 is 9.90 Å². The van der Waals surface area contributed by atoms with Gasteiger partial charge in [0.05, 0.1) is 6.10 Å². The normalized spacial score (nSPS) is 21.6. The van der Waals surface area contributed by atoms with Gasteiger partial charge in [-0.15, -0.1) is 0 Å². The van der Waals surface area contributed by atoms with E-state index in [9.17, 15) is 9.90 Å². The fraction of sp³-hybridized carbons (Fsp3) is 0.625. The van der Waals surface area contributed by atoms with Gasteiger partial charge in [0.2, 0.25) is 0 Å². The number of allylic oxidation sites excluding steroid dienone is 2. The highest BCUT2D eigenvalue weighted by molar-refractivity contribution is 5.84. The molecule has 144 valence electrons. The van der Waals surface area contributed by atoms with Crippen molar-refractivity contribution in [3.8, 4) is 0 Å². The zero-order valence-electron chi connectivity index (χ0n) is 16.6. The summed E-state index contributed by atoms with van der Waals surface area (Å²) in [6.45, 7) is 4.38. The van der Waals surface area contributed by atoms with Crippen LogP contribution in [0.5, 0.6) is 0 Å². The van der Waals surface area contributed by atoms with Gasteiger partial charge in [0.1, 0.15) is 5.78 Å². The van der Waals surface area contributed by atoms with E-state index in [1.165, 1.54) is 31.2 Å². The number of Topliss-reactive ketones (excluding diaryl/α,β-unsaturated/α-hetero) is 1. The summed E-state index contributed by atoms with van der Waals surface area (Å²) >= 11 is 0. The first-order valence-electron chi connectivity index (χ1n) is 10.6. The van der Waals surface area contributed by atoms with Gasteiger partial charge in [0, 0.05) is 12.3 Å². The molecule has 3 unspecified atom stereocenters. The molecule has 2 rings (SSSR count). The second kappa shape index (κ2) is 11.3. The lowest BCUT2D eigenvalue weighted by Crippen LogP contribution is -2.12. The molecule has 1 fully saturated rings. The van der Waals surface area contributed by atoms with Crippen LogP contribution in [0.15, 0.2) is 36.4 Å². The molecule has 1 aliphatic rings. The van der Waals surface area contributed by atoms with E-state index in [1.807, 2.05) is 0 Å². The van der Waals surface area contributed by atoms with Gasteiger partial charge in [0.25, 0.3) is 0 Å². The van der Waals surface area contributed by atoms with E-state index in [4.69, 9.17) is 0 Å². The van der Waals surface area contributed by atoms with Gasteiger partial charge in [-0.25, -0.2) is 0 Å². The molecule has 2 nitrogen and oxygen atoms in total. The van der Waals surface area contributed by atoms with Crippen molar-refractivity contribution in [2.24, 2.45) is 5.92 Å². The third-order valence-corrected chi connectivity index (χ3v) is 5.71. The number of carbonyl (C=O) groups is 1. The maximum absolute atomic E-state index is 12.3. The molecule has 0 aromatic heterocycles. The number of aliphatic hydroxyl groups is 1. The van der Waals surface area contributed by atoms with Crippen LogP contribution in [0.25, 0.3) is 0 Å². The fourth-order valence-electron chi connectivity index (χ4n) is 4.01. The van der Waals surface area contributed by atoms with Crippen molar-refractivity contribution in [2.75, 3.05) is 0 Å². The van der Waals surface area contributed by atoms with Crippen LogP contribution in [0, 0.1) is 5.92 Å². The van der Waals surface area contributed by atoms with Crippen LogP contribution in [0.2, 0.25) is 0 Å². The quantitative estimate of drug-likeness (QED) is 0.363. The molecule has 0 saturated heterocycles. The number of ketones is 1. The SMILES string of the molecule is CCCCC=CCC1C(=O)CCC1c1ccc(C(O)CCCCC)cc1. The number of hydrogen-bond donors (Lipinski definition) is 1. The molecular formula is C24H36O2. The Morgan fingerprint density at radius 2 is 1.81 bits per heavy atom. The van der Waals surface area contributed by atoms with Crippen molar-refractivity contribution in [3.05, 3.63) is 47.5 Å². The number of unbranched alkanes of at least 4 members (excludes halogenated alkanes) is 4. The van der Waals surface area contributed by atoms with E-state index in [-0.39, 0.29) is 12.0 Å². The minimum atomic E-state index is -0.363. The first kappa shape index (κ1) is 20.9. The summed E-state index contributed by atoms with van der Waals surface area (Å²) in [6, 6.07) is 8.39. The summed E-state index contributed by atoms with van der Waals surface area (Å²) in [6.07, 6.45) is 14.4. The average Bonchev–Trinajstić information content (AvgIpc) is 3.02. The molecule has 2 heteroatoms. The molecule has 0 spiro atoms. The van der Waals surface area contributed by atoms with Crippen LogP contribution in [0.4, 0.5) is 0 Å². The number of rotatable bonds is 11. The second-order valence-electron chi connectivity index (χ2n) is 7.75. The molecule has 1 aliphatic carbocycles. The van der Waals surface area contributed by atoms with Crippen molar-refractivity contribution in [1.82, 2.24) is 0 Å². The van der Waals surface area contributed by atoms with Gasteiger partial charge in [0.15, 0.2) is 0 Å². The molecule has 1 saturated carbocycles. The highest BCUT2D eigenvalue weighted by Gasteiger charge is 2.34. The summed E-state index contributed by atoms with van der Waals surface area (Å²) in [5.41, 5.74) is 2.26.